The maximum absolute atomic E-state index is 12.5. The normalized spacial score (nSPS) is 12.5. The Balaban J connectivity index is 2.91. The average molecular weight is 445 g/mol. The quantitative estimate of drug-likeness (QED) is 0.423. The summed E-state index contributed by atoms with van der Waals surface area (Å²) in [5.41, 5.74) is 1.35. The van der Waals surface area contributed by atoms with Crippen LogP contribution in [0.2, 0.25) is 0 Å². The van der Waals surface area contributed by atoms with E-state index in [1.54, 1.807) is 52.0 Å². The maximum atomic E-state index is 12.5. The maximum Gasteiger partial charge on any atom is 0.328 e. The van der Waals surface area contributed by atoms with Gasteiger partial charge in [0.1, 0.15) is 12.1 Å². The van der Waals surface area contributed by atoms with Gasteiger partial charge in [-0.05, 0) is 23.0 Å². The van der Waals surface area contributed by atoms with E-state index in [1.165, 1.54) is 14.2 Å². The van der Waals surface area contributed by atoms with E-state index in [0.29, 0.717) is 11.1 Å². The van der Waals surface area contributed by atoms with Crippen LogP contribution in [0.3, 0.4) is 0 Å². The molecule has 0 heterocycles. The van der Waals surface area contributed by atoms with Crippen molar-refractivity contribution in [3.05, 3.63) is 48.6 Å². The first-order valence-corrected chi connectivity index (χ1v) is 10.2. The molecule has 1 aromatic carbocycles. The predicted octanol–water partition coefficient (Wildman–Crippen LogP) is 2.34. The predicted molar refractivity (Wildman–Crippen MR) is 122 cm³/mol. The van der Waals surface area contributed by atoms with Gasteiger partial charge in [-0.15, -0.1) is 0 Å². The fourth-order valence-corrected chi connectivity index (χ4v) is 2.84. The number of ether oxygens (including phenoxy) is 2. The van der Waals surface area contributed by atoms with Crippen molar-refractivity contribution in [3.8, 4) is 0 Å². The number of nitrogens with one attached hydrogen (secondary N) is 2. The second-order valence-electron chi connectivity index (χ2n) is 7.97. The number of hydrogen-bond acceptors (Lipinski definition) is 6. The van der Waals surface area contributed by atoms with Crippen LogP contribution in [0.25, 0.3) is 11.1 Å². The average Bonchev–Trinajstić information content (AvgIpc) is 2.78. The molecule has 0 aliphatic heterocycles. The molecule has 2 atom stereocenters. The topological polar surface area (TPSA) is 111 Å². The Kier molecular flexibility index (Phi) is 9.84. The molecule has 0 radical (unpaired) electrons. The van der Waals surface area contributed by atoms with Gasteiger partial charge in [0.05, 0.1) is 14.2 Å². The molecule has 0 unspecified atom stereocenters. The summed E-state index contributed by atoms with van der Waals surface area (Å²) >= 11 is 0. The van der Waals surface area contributed by atoms with Gasteiger partial charge in [0.2, 0.25) is 0 Å². The highest BCUT2D eigenvalue weighted by Crippen LogP contribution is 2.19. The summed E-state index contributed by atoms with van der Waals surface area (Å²) in [5.74, 6) is -2.41. The van der Waals surface area contributed by atoms with Gasteiger partial charge in [-0.2, -0.15) is 0 Å². The molecule has 0 aromatic heterocycles. The van der Waals surface area contributed by atoms with Crippen LogP contribution in [-0.2, 0) is 28.7 Å². The van der Waals surface area contributed by atoms with Crippen LogP contribution in [0.4, 0.5) is 0 Å². The number of carbonyl (C=O) groups is 4. The third-order valence-electron chi connectivity index (χ3n) is 4.95. The first kappa shape index (κ1) is 26.6. The molecular weight excluding hydrogens is 412 g/mol. The zero-order valence-electron chi connectivity index (χ0n) is 19.5. The Labute approximate surface area is 189 Å². The van der Waals surface area contributed by atoms with Gasteiger partial charge < -0.3 is 20.1 Å². The van der Waals surface area contributed by atoms with E-state index in [0.717, 1.165) is 0 Å². The molecule has 0 saturated heterocycles. The molecule has 2 N–H and O–H groups in total. The molecule has 1 rings (SSSR count). The van der Waals surface area contributed by atoms with Crippen LogP contribution >= 0.6 is 0 Å². The van der Waals surface area contributed by atoms with Gasteiger partial charge in [-0.1, -0.05) is 65.1 Å². The number of carbonyl (C=O) groups excluding carboxylic acids is 4. The SMILES string of the molecule is C=C(C(=O)N[C@H](C(=O)OC)C(C)C)c1ccc(C(=C)C(=O)N[C@H](C(=O)OC)C(C)C)cc1. The lowest BCUT2D eigenvalue weighted by Gasteiger charge is -2.21. The van der Waals surface area contributed by atoms with Crippen molar-refractivity contribution in [2.45, 2.75) is 39.8 Å². The van der Waals surface area contributed by atoms with Crippen molar-refractivity contribution in [1.82, 2.24) is 10.6 Å². The van der Waals surface area contributed by atoms with E-state index < -0.39 is 35.8 Å². The van der Waals surface area contributed by atoms with Crippen molar-refractivity contribution < 1.29 is 28.7 Å². The molecule has 32 heavy (non-hydrogen) atoms. The summed E-state index contributed by atoms with van der Waals surface area (Å²) < 4.78 is 9.46. The van der Waals surface area contributed by atoms with Crippen LogP contribution < -0.4 is 10.6 Å². The van der Waals surface area contributed by atoms with Crippen molar-refractivity contribution >= 4 is 34.9 Å². The lowest BCUT2D eigenvalue weighted by Crippen LogP contribution is -2.45. The molecule has 0 saturated carbocycles. The third-order valence-corrected chi connectivity index (χ3v) is 4.95. The van der Waals surface area contributed by atoms with E-state index in [2.05, 4.69) is 23.8 Å². The van der Waals surface area contributed by atoms with Gasteiger partial charge >= 0.3 is 11.9 Å². The largest absolute Gasteiger partial charge is 0.467 e. The zero-order valence-corrected chi connectivity index (χ0v) is 19.5. The number of methoxy groups -OCH3 is 2. The van der Waals surface area contributed by atoms with E-state index in [-0.39, 0.29) is 23.0 Å². The van der Waals surface area contributed by atoms with E-state index in [9.17, 15) is 19.2 Å². The van der Waals surface area contributed by atoms with Gasteiger partial charge in [-0.25, -0.2) is 9.59 Å². The zero-order chi connectivity index (χ0) is 24.6. The lowest BCUT2D eigenvalue weighted by atomic mass is 9.99. The van der Waals surface area contributed by atoms with Crippen LogP contribution in [0.15, 0.2) is 37.4 Å². The standard InChI is InChI=1S/C24H32N2O6/c1-13(2)19(23(29)31-7)25-21(27)15(5)17-9-11-18(12-10-17)16(6)22(28)26-20(14(3)4)24(30)32-8/h9-14,19-20H,5-6H2,1-4,7-8H3,(H,25,27)(H,26,28)/t19-,20-/m0/s1. The van der Waals surface area contributed by atoms with E-state index >= 15 is 0 Å². The highest BCUT2D eigenvalue weighted by atomic mass is 16.5. The Bertz CT molecular complexity index is 813. The number of esters is 2. The summed E-state index contributed by atoms with van der Waals surface area (Å²) in [4.78, 5) is 48.8. The molecule has 0 spiro atoms. The molecule has 2 amide bonds. The number of amides is 2. The summed E-state index contributed by atoms with van der Waals surface area (Å²) in [6, 6.07) is 4.90. The van der Waals surface area contributed by atoms with Gasteiger partial charge in [-0.3, -0.25) is 9.59 Å². The third kappa shape index (κ3) is 6.80. The summed E-state index contributed by atoms with van der Waals surface area (Å²) in [6.45, 7) is 14.8. The van der Waals surface area contributed by atoms with Crippen LogP contribution in [0.1, 0.15) is 38.8 Å². The van der Waals surface area contributed by atoms with Crippen LogP contribution in [-0.4, -0.2) is 50.1 Å². The molecule has 8 nitrogen and oxygen atoms in total. The molecular formula is C24H32N2O6. The fourth-order valence-electron chi connectivity index (χ4n) is 2.84. The van der Waals surface area contributed by atoms with Crippen molar-refractivity contribution in [2.24, 2.45) is 11.8 Å². The molecule has 1 aromatic rings. The van der Waals surface area contributed by atoms with Gasteiger partial charge in [0.15, 0.2) is 0 Å². The molecule has 0 fully saturated rings. The van der Waals surface area contributed by atoms with Crippen molar-refractivity contribution in [1.29, 1.82) is 0 Å². The van der Waals surface area contributed by atoms with Gasteiger partial charge in [0, 0.05) is 11.1 Å². The molecule has 0 aliphatic carbocycles. The highest BCUT2D eigenvalue weighted by molar-refractivity contribution is 6.21. The number of rotatable bonds is 10. The van der Waals surface area contributed by atoms with E-state index in [1.807, 2.05) is 0 Å². The Morgan fingerprint density at radius 2 is 0.969 bits per heavy atom. The highest BCUT2D eigenvalue weighted by Gasteiger charge is 2.27. The molecule has 0 aliphatic rings. The number of hydrogen-bond donors (Lipinski definition) is 2. The Morgan fingerprint density at radius 3 is 1.19 bits per heavy atom. The Morgan fingerprint density at radius 1 is 0.688 bits per heavy atom. The van der Waals surface area contributed by atoms with E-state index in [4.69, 9.17) is 9.47 Å². The molecule has 8 heteroatoms. The number of benzene rings is 1. The second-order valence-corrected chi connectivity index (χ2v) is 7.97. The van der Waals surface area contributed by atoms with Crippen molar-refractivity contribution in [3.63, 3.8) is 0 Å². The summed E-state index contributed by atoms with van der Waals surface area (Å²) in [6.07, 6.45) is 0. The molecule has 174 valence electrons. The first-order chi connectivity index (χ1) is 14.9. The molecule has 0 bridgehead atoms. The van der Waals surface area contributed by atoms with Crippen LogP contribution in [0, 0.1) is 11.8 Å². The Hall–Kier alpha value is -3.42. The van der Waals surface area contributed by atoms with Crippen molar-refractivity contribution in [2.75, 3.05) is 14.2 Å². The smallest absolute Gasteiger partial charge is 0.328 e. The minimum absolute atomic E-state index is 0.159. The minimum Gasteiger partial charge on any atom is -0.467 e. The monoisotopic (exact) mass is 444 g/mol. The summed E-state index contributed by atoms with van der Waals surface area (Å²) in [5, 5.41) is 5.26. The lowest BCUT2D eigenvalue weighted by molar-refractivity contribution is -0.146. The van der Waals surface area contributed by atoms with Crippen LogP contribution in [0.5, 0.6) is 0 Å². The minimum atomic E-state index is -0.796. The van der Waals surface area contributed by atoms with Gasteiger partial charge in [0.25, 0.3) is 11.8 Å². The fraction of sp³-hybridized carbons (Fsp3) is 0.417. The second kappa shape index (κ2) is 11.8. The first-order valence-electron chi connectivity index (χ1n) is 10.2. The summed E-state index contributed by atoms with van der Waals surface area (Å²) in [7, 11) is 2.52.